The normalized spacial score (nSPS) is 23.1. The van der Waals surface area contributed by atoms with Gasteiger partial charge in [0.25, 0.3) is 0 Å². The van der Waals surface area contributed by atoms with Crippen LogP contribution in [0.5, 0.6) is 0 Å². The molecule has 166 valence electrons. The smallest absolute Gasteiger partial charge is 0.423 e. The second kappa shape index (κ2) is 8.76. The third-order valence-electron chi connectivity index (χ3n) is 5.46. The number of esters is 1. The topological polar surface area (TPSA) is 50.4 Å². The van der Waals surface area contributed by atoms with Crippen LogP contribution in [-0.4, -0.2) is 18.0 Å². The highest BCUT2D eigenvalue weighted by Crippen LogP contribution is 2.39. The molecule has 32 heavy (non-hydrogen) atoms. The van der Waals surface area contributed by atoms with Crippen LogP contribution < -0.4 is 10.6 Å². The summed E-state index contributed by atoms with van der Waals surface area (Å²) in [5, 5.41) is 6.37. The first-order chi connectivity index (χ1) is 15.3. The molecule has 4 rings (SSSR count). The van der Waals surface area contributed by atoms with Crippen LogP contribution >= 0.6 is 0 Å². The van der Waals surface area contributed by atoms with Crippen LogP contribution in [0.1, 0.15) is 34.3 Å². The molecule has 2 N–H and O–H groups in total. The summed E-state index contributed by atoms with van der Waals surface area (Å²) < 4.78 is 44.7. The number of benzene rings is 3. The Morgan fingerprint density at radius 1 is 0.875 bits per heavy atom. The van der Waals surface area contributed by atoms with Crippen LogP contribution in [0.25, 0.3) is 0 Å². The van der Waals surface area contributed by atoms with Crippen molar-refractivity contribution in [2.75, 3.05) is 0 Å². The standard InChI is InChI=1S/C25H23F3N2O2/c1-17-9-8-10-18(15-17)16-24(32-23(31)25(26,27)28)29-21(19-11-4-2-5-12-19)22(30-24)20-13-6-3-7-14-20/h2-15,21-22,29-30H,16H2,1H3. The third-order valence-corrected chi connectivity index (χ3v) is 5.46. The number of aryl methyl sites for hydroxylation is 1. The monoisotopic (exact) mass is 440 g/mol. The molecule has 1 heterocycles. The summed E-state index contributed by atoms with van der Waals surface area (Å²) in [6, 6.07) is 25.3. The fourth-order valence-electron chi connectivity index (χ4n) is 4.11. The van der Waals surface area contributed by atoms with Gasteiger partial charge in [0.2, 0.25) is 5.85 Å². The number of carbonyl (C=O) groups excluding carboxylic acids is 1. The lowest BCUT2D eigenvalue weighted by atomic mass is 9.95. The molecule has 4 nitrogen and oxygen atoms in total. The zero-order valence-electron chi connectivity index (χ0n) is 17.4. The highest BCUT2D eigenvalue weighted by atomic mass is 19.4. The zero-order valence-corrected chi connectivity index (χ0v) is 17.4. The average molecular weight is 440 g/mol. The third kappa shape index (κ3) is 4.84. The number of carbonyl (C=O) groups is 1. The summed E-state index contributed by atoms with van der Waals surface area (Å²) in [5.41, 5.74) is 3.42. The van der Waals surface area contributed by atoms with Crippen molar-refractivity contribution in [3.05, 3.63) is 107 Å². The highest BCUT2D eigenvalue weighted by Gasteiger charge is 2.52. The number of halogens is 3. The molecule has 3 aromatic rings. The molecular weight excluding hydrogens is 417 g/mol. The molecule has 0 amide bonds. The molecule has 1 saturated heterocycles. The van der Waals surface area contributed by atoms with Crippen LogP contribution in [0.4, 0.5) is 13.2 Å². The second-order valence-electron chi connectivity index (χ2n) is 7.95. The molecule has 0 radical (unpaired) electrons. The summed E-state index contributed by atoms with van der Waals surface area (Å²) >= 11 is 0. The second-order valence-corrected chi connectivity index (χ2v) is 7.95. The number of hydrogen-bond donors (Lipinski definition) is 2. The van der Waals surface area contributed by atoms with E-state index in [0.29, 0.717) is 0 Å². The van der Waals surface area contributed by atoms with Crippen molar-refractivity contribution >= 4 is 5.97 Å². The summed E-state index contributed by atoms with van der Waals surface area (Å²) in [6.45, 7) is 1.90. The predicted octanol–water partition coefficient (Wildman–Crippen LogP) is 4.97. The van der Waals surface area contributed by atoms with Crippen molar-refractivity contribution in [3.63, 3.8) is 0 Å². The van der Waals surface area contributed by atoms with Gasteiger partial charge < -0.3 is 4.74 Å². The summed E-state index contributed by atoms with van der Waals surface area (Å²) in [6.07, 6.45) is -5.10. The quantitative estimate of drug-likeness (QED) is 0.550. The lowest BCUT2D eigenvalue weighted by molar-refractivity contribution is -0.218. The van der Waals surface area contributed by atoms with Gasteiger partial charge in [0.05, 0.1) is 12.1 Å². The first kappa shape index (κ1) is 22.0. The minimum atomic E-state index is -5.12. The Balaban J connectivity index is 1.76. The van der Waals surface area contributed by atoms with Crippen LogP contribution in [0.15, 0.2) is 84.9 Å². The Kier molecular flexibility index (Phi) is 6.04. The molecule has 0 aliphatic carbocycles. The van der Waals surface area contributed by atoms with Gasteiger partial charge in [-0.2, -0.15) is 13.2 Å². The van der Waals surface area contributed by atoms with E-state index in [1.807, 2.05) is 85.8 Å². The molecule has 0 spiro atoms. The molecule has 0 bridgehead atoms. The number of nitrogens with one attached hydrogen (secondary N) is 2. The Hall–Kier alpha value is -3.16. The lowest BCUT2D eigenvalue weighted by Crippen LogP contribution is -2.56. The van der Waals surface area contributed by atoms with Crippen LogP contribution in [-0.2, 0) is 16.0 Å². The van der Waals surface area contributed by atoms with E-state index in [1.165, 1.54) is 0 Å². The van der Waals surface area contributed by atoms with Crippen LogP contribution in [0.2, 0.25) is 0 Å². The van der Waals surface area contributed by atoms with Gasteiger partial charge in [-0.15, -0.1) is 0 Å². The van der Waals surface area contributed by atoms with Crippen LogP contribution in [0.3, 0.4) is 0 Å². The summed E-state index contributed by atoms with van der Waals surface area (Å²) in [7, 11) is 0. The molecule has 2 unspecified atom stereocenters. The van der Waals surface area contributed by atoms with Gasteiger partial charge >= 0.3 is 12.1 Å². The molecule has 2 atom stereocenters. The van der Waals surface area contributed by atoms with Crippen molar-refractivity contribution in [1.29, 1.82) is 0 Å². The van der Waals surface area contributed by atoms with Crippen molar-refractivity contribution in [1.82, 2.24) is 10.6 Å². The van der Waals surface area contributed by atoms with Crippen molar-refractivity contribution in [2.24, 2.45) is 0 Å². The molecule has 0 aromatic heterocycles. The minimum absolute atomic E-state index is 0.0170. The van der Waals surface area contributed by atoms with Crippen molar-refractivity contribution < 1.29 is 22.7 Å². The van der Waals surface area contributed by atoms with Crippen molar-refractivity contribution in [3.8, 4) is 0 Å². The van der Waals surface area contributed by atoms with Gasteiger partial charge in [-0.25, -0.2) is 4.79 Å². The van der Waals surface area contributed by atoms with Gasteiger partial charge in [0.1, 0.15) is 0 Å². The van der Waals surface area contributed by atoms with E-state index in [4.69, 9.17) is 4.74 Å². The van der Waals surface area contributed by atoms with Crippen molar-refractivity contribution in [2.45, 2.75) is 37.5 Å². The highest BCUT2D eigenvalue weighted by molar-refractivity contribution is 5.76. The fourth-order valence-corrected chi connectivity index (χ4v) is 4.11. The number of hydrogen-bond acceptors (Lipinski definition) is 4. The Morgan fingerprint density at radius 2 is 1.41 bits per heavy atom. The van der Waals surface area contributed by atoms with Gasteiger partial charge in [0, 0.05) is 6.42 Å². The number of rotatable bonds is 5. The maximum absolute atomic E-state index is 13.2. The van der Waals surface area contributed by atoms with E-state index in [0.717, 1.165) is 22.3 Å². The maximum Gasteiger partial charge on any atom is 0.491 e. The first-order valence-corrected chi connectivity index (χ1v) is 10.3. The zero-order chi connectivity index (χ0) is 22.8. The molecule has 7 heteroatoms. The van der Waals surface area contributed by atoms with Crippen LogP contribution in [0, 0.1) is 6.92 Å². The number of ether oxygens (including phenoxy) is 1. The predicted molar refractivity (Wildman–Crippen MR) is 114 cm³/mol. The molecule has 1 fully saturated rings. The average Bonchev–Trinajstić information content (AvgIpc) is 3.13. The van der Waals surface area contributed by atoms with Gasteiger partial charge in [0.15, 0.2) is 0 Å². The van der Waals surface area contributed by atoms with Gasteiger partial charge in [-0.3, -0.25) is 10.6 Å². The fraction of sp³-hybridized carbons (Fsp3) is 0.240. The lowest BCUT2D eigenvalue weighted by Gasteiger charge is -2.31. The van der Waals surface area contributed by atoms with Gasteiger partial charge in [-0.1, -0.05) is 90.5 Å². The maximum atomic E-state index is 13.2. The molecule has 1 aliphatic rings. The number of alkyl halides is 3. The van der Waals surface area contributed by atoms with E-state index in [1.54, 1.807) is 6.07 Å². The SMILES string of the molecule is Cc1cccc(CC2(OC(=O)C(F)(F)F)NC(c3ccccc3)C(c3ccccc3)N2)c1. The van der Waals surface area contributed by atoms with E-state index in [2.05, 4.69) is 10.6 Å². The molecule has 0 saturated carbocycles. The molecule has 3 aromatic carbocycles. The Labute approximate surface area is 184 Å². The largest absolute Gasteiger partial charge is 0.491 e. The van der Waals surface area contributed by atoms with E-state index >= 15 is 0 Å². The first-order valence-electron chi connectivity index (χ1n) is 10.3. The minimum Gasteiger partial charge on any atom is -0.423 e. The summed E-state index contributed by atoms with van der Waals surface area (Å²) in [5.74, 6) is -3.99. The molecule has 1 aliphatic heterocycles. The van der Waals surface area contributed by atoms with E-state index < -0.39 is 30.1 Å². The Bertz CT molecular complexity index is 1020. The summed E-state index contributed by atoms with van der Waals surface area (Å²) in [4.78, 5) is 11.9. The van der Waals surface area contributed by atoms with E-state index in [9.17, 15) is 18.0 Å². The Morgan fingerprint density at radius 3 is 1.88 bits per heavy atom. The molecular formula is C25H23F3N2O2. The van der Waals surface area contributed by atoms with Gasteiger partial charge in [-0.05, 0) is 23.6 Å². The van der Waals surface area contributed by atoms with E-state index in [-0.39, 0.29) is 6.42 Å².